The molecule has 2 aromatic rings. The molecular formula is C23H26N2O4. The van der Waals surface area contributed by atoms with Gasteiger partial charge in [-0.3, -0.25) is 0 Å². The number of rotatable bonds is 7. The minimum Gasteiger partial charge on any atom is -0.488 e. The summed E-state index contributed by atoms with van der Waals surface area (Å²) in [5.74, 6) is -0.0319. The molecule has 1 aliphatic carbocycles. The summed E-state index contributed by atoms with van der Waals surface area (Å²) in [5.41, 5.74) is 2.85. The number of methoxy groups -OCH3 is 1. The molecule has 2 atom stereocenters. The predicted octanol–water partition coefficient (Wildman–Crippen LogP) is 4.01. The monoisotopic (exact) mass is 394 g/mol. The number of imidazole rings is 1. The molecule has 2 aliphatic rings. The standard InChI is InChI=1S/C23H26N2O4/c1-5-7-16(6-2)13-28-18-10-20-24-19(12-25(20)11-17(18)21(26)27-4)23-9-8-22(3,14-23)29-15-23/h5-7,10-12H,1-2,8-9,13-15H2,3-4H3/b16-7+. The Bertz CT molecular complexity index is 1010. The molecule has 6 nitrogen and oxygen atoms in total. The molecule has 1 saturated heterocycles. The molecule has 0 N–H and O–H groups in total. The maximum Gasteiger partial charge on any atom is 0.343 e. The summed E-state index contributed by atoms with van der Waals surface area (Å²) in [6.45, 7) is 10.6. The summed E-state index contributed by atoms with van der Waals surface area (Å²) in [5, 5.41) is 0. The lowest BCUT2D eigenvalue weighted by Gasteiger charge is -2.24. The van der Waals surface area contributed by atoms with Crippen LogP contribution in [0.15, 0.2) is 55.4 Å². The quantitative estimate of drug-likeness (QED) is 0.525. The maximum absolute atomic E-state index is 12.3. The van der Waals surface area contributed by atoms with Gasteiger partial charge in [0.05, 0.1) is 25.0 Å². The topological polar surface area (TPSA) is 62.1 Å². The van der Waals surface area contributed by atoms with E-state index in [0.29, 0.717) is 17.9 Å². The van der Waals surface area contributed by atoms with E-state index >= 15 is 0 Å². The molecule has 29 heavy (non-hydrogen) atoms. The van der Waals surface area contributed by atoms with Crippen LogP contribution in [0.5, 0.6) is 5.75 Å². The SMILES string of the molecule is C=C/C=C(\C=C)COc1cc2nc(C34CCC(C)(C3)OC4)cn2cc1C(=O)OC. The Labute approximate surface area is 170 Å². The molecule has 0 amide bonds. The van der Waals surface area contributed by atoms with Gasteiger partial charge in [-0.1, -0.05) is 31.4 Å². The third kappa shape index (κ3) is 3.38. The molecular weight excluding hydrogens is 368 g/mol. The van der Waals surface area contributed by atoms with Gasteiger partial charge in [0.15, 0.2) is 0 Å². The van der Waals surface area contributed by atoms with Crippen molar-refractivity contribution in [2.75, 3.05) is 20.3 Å². The highest BCUT2D eigenvalue weighted by molar-refractivity contribution is 5.92. The fourth-order valence-electron chi connectivity index (χ4n) is 4.39. The van der Waals surface area contributed by atoms with E-state index in [0.717, 1.165) is 36.2 Å². The zero-order valence-electron chi connectivity index (χ0n) is 16.9. The van der Waals surface area contributed by atoms with Gasteiger partial charge in [0.1, 0.15) is 23.6 Å². The smallest absolute Gasteiger partial charge is 0.343 e. The highest BCUT2D eigenvalue weighted by Gasteiger charge is 2.55. The second kappa shape index (κ2) is 7.19. The Kier molecular flexibility index (Phi) is 4.82. The number of aromatic nitrogens is 2. The van der Waals surface area contributed by atoms with Crippen molar-refractivity contribution in [2.45, 2.75) is 37.2 Å². The first-order chi connectivity index (χ1) is 13.9. The van der Waals surface area contributed by atoms with E-state index in [2.05, 4.69) is 20.1 Å². The maximum atomic E-state index is 12.3. The lowest BCUT2D eigenvalue weighted by atomic mass is 9.84. The van der Waals surface area contributed by atoms with Crippen molar-refractivity contribution in [3.63, 3.8) is 0 Å². The van der Waals surface area contributed by atoms with E-state index in [1.54, 1.807) is 24.4 Å². The van der Waals surface area contributed by atoms with Gasteiger partial charge in [0, 0.05) is 23.9 Å². The Balaban J connectivity index is 1.71. The minimum absolute atomic E-state index is 0.0418. The van der Waals surface area contributed by atoms with Crippen molar-refractivity contribution in [2.24, 2.45) is 0 Å². The average Bonchev–Trinajstić information content (AvgIpc) is 3.40. The summed E-state index contributed by atoms with van der Waals surface area (Å²) in [6, 6.07) is 1.78. The van der Waals surface area contributed by atoms with Gasteiger partial charge in [-0.25, -0.2) is 9.78 Å². The number of carbonyl (C=O) groups excluding carboxylic acids is 1. The Morgan fingerprint density at radius 3 is 2.79 bits per heavy atom. The van der Waals surface area contributed by atoms with Gasteiger partial charge < -0.3 is 18.6 Å². The minimum atomic E-state index is -0.458. The molecule has 4 rings (SSSR count). The van der Waals surface area contributed by atoms with Crippen LogP contribution in [0, 0.1) is 0 Å². The zero-order chi connectivity index (χ0) is 20.6. The molecule has 0 radical (unpaired) electrons. The van der Waals surface area contributed by atoms with Gasteiger partial charge in [0.2, 0.25) is 0 Å². The molecule has 2 aromatic heterocycles. The number of hydrogen-bond donors (Lipinski definition) is 0. The van der Waals surface area contributed by atoms with Gasteiger partial charge in [-0.15, -0.1) is 0 Å². The first-order valence-electron chi connectivity index (χ1n) is 9.74. The molecule has 0 spiro atoms. The average molecular weight is 394 g/mol. The van der Waals surface area contributed by atoms with Crippen LogP contribution in [0.25, 0.3) is 5.65 Å². The lowest BCUT2D eigenvalue weighted by molar-refractivity contribution is -0.00627. The highest BCUT2D eigenvalue weighted by Crippen LogP contribution is 2.53. The van der Waals surface area contributed by atoms with Crippen LogP contribution in [-0.2, 0) is 14.9 Å². The second-order valence-corrected chi connectivity index (χ2v) is 8.10. The molecule has 2 fully saturated rings. The molecule has 0 aromatic carbocycles. The highest BCUT2D eigenvalue weighted by atomic mass is 16.5. The Hall–Kier alpha value is -2.86. The number of nitrogens with zero attached hydrogens (tertiary/aromatic N) is 2. The van der Waals surface area contributed by atoms with Crippen LogP contribution in [0.1, 0.15) is 42.2 Å². The van der Waals surface area contributed by atoms with E-state index in [9.17, 15) is 4.79 Å². The number of allylic oxidation sites excluding steroid dienone is 2. The van der Waals surface area contributed by atoms with Crippen LogP contribution in [0.3, 0.4) is 0 Å². The molecule has 3 heterocycles. The van der Waals surface area contributed by atoms with Crippen molar-refractivity contribution < 1.29 is 19.0 Å². The Morgan fingerprint density at radius 2 is 2.21 bits per heavy atom. The van der Waals surface area contributed by atoms with Crippen LogP contribution < -0.4 is 4.74 Å². The van der Waals surface area contributed by atoms with E-state index < -0.39 is 5.97 Å². The molecule has 152 valence electrons. The molecule has 2 bridgehead atoms. The number of esters is 1. The predicted molar refractivity (Wildman–Crippen MR) is 110 cm³/mol. The number of pyridine rings is 1. The van der Waals surface area contributed by atoms with Crippen molar-refractivity contribution >= 4 is 11.6 Å². The third-order valence-electron chi connectivity index (χ3n) is 6.03. The van der Waals surface area contributed by atoms with E-state index in [4.69, 9.17) is 19.2 Å². The number of carbonyl (C=O) groups is 1. The van der Waals surface area contributed by atoms with Crippen molar-refractivity contribution in [1.29, 1.82) is 0 Å². The largest absolute Gasteiger partial charge is 0.488 e. The first kappa shape index (κ1) is 19.5. The van der Waals surface area contributed by atoms with E-state index in [-0.39, 0.29) is 17.6 Å². The van der Waals surface area contributed by atoms with Gasteiger partial charge >= 0.3 is 5.97 Å². The normalized spacial score (nSPS) is 25.9. The Morgan fingerprint density at radius 1 is 1.38 bits per heavy atom. The van der Waals surface area contributed by atoms with Gasteiger partial charge in [0.25, 0.3) is 0 Å². The fraction of sp³-hybridized carbons (Fsp3) is 0.391. The zero-order valence-corrected chi connectivity index (χ0v) is 16.9. The van der Waals surface area contributed by atoms with Crippen molar-refractivity contribution in [1.82, 2.24) is 9.38 Å². The van der Waals surface area contributed by atoms with Gasteiger partial charge in [-0.05, 0) is 31.8 Å². The van der Waals surface area contributed by atoms with Crippen LogP contribution in [-0.4, -0.2) is 41.3 Å². The van der Waals surface area contributed by atoms with E-state index in [1.165, 1.54) is 7.11 Å². The lowest BCUT2D eigenvalue weighted by Crippen LogP contribution is -2.26. The number of fused-ring (bicyclic) bond motifs is 3. The molecule has 2 unspecified atom stereocenters. The summed E-state index contributed by atoms with van der Waals surface area (Å²) in [7, 11) is 1.36. The van der Waals surface area contributed by atoms with Gasteiger partial charge in [-0.2, -0.15) is 0 Å². The van der Waals surface area contributed by atoms with Crippen LogP contribution in [0.4, 0.5) is 0 Å². The van der Waals surface area contributed by atoms with Crippen molar-refractivity contribution in [3.8, 4) is 5.75 Å². The van der Waals surface area contributed by atoms with Crippen LogP contribution >= 0.6 is 0 Å². The van der Waals surface area contributed by atoms with Crippen molar-refractivity contribution in [3.05, 3.63) is 66.7 Å². The summed E-state index contributed by atoms with van der Waals surface area (Å²) < 4.78 is 18.8. The third-order valence-corrected chi connectivity index (χ3v) is 6.03. The van der Waals surface area contributed by atoms with Crippen LogP contribution in [0.2, 0.25) is 0 Å². The summed E-state index contributed by atoms with van der Waals surface area (Å²) >= 11 is 0. The molecule has 1 aliphatic heterocycles. The van der Waals surface area contributed by atoms with E-state index in [1.807, 2.05) is 16.7 Å². The number of hydrogen-bond acceptors (Lipinski definition) is 5. The summed E-state index contributed by atoms with van der Waals surface area (Å²) in [6.07, 6.45) is 12.0. The number of ether oxygens (including phenoxy) is 3. The summed E-state index contributed by atoms with van der Waals surface area (Å²) in [4.78, 5) is 17.2. The molecule has 6 heteroatoms. The second-order valence-electron chi connectivity index (χ2n) is 8.10. The fourth-order valence-corrected chi connectivity index (χ4v) is 4.39. The molecule has 1 saturated carbocycles. The first-order valence-corrected chi connectivity index (χ1v) is 9.74.